The van der Waals surface area contributed by atoms with E-state index in [-0.39, 0.29) is 37.3 Å². The van der Waals surface area contributed by atoms with E-state index in [1.807, 2.05) is 0 Å². The van der Waals surface area contributed by atoms with Crippen molar-refractivity contribution in [1.82, 2.24) is 10.6 Å². The summed E-state index contributed by atoms with van der Waals surface area (Å²) in [6.45, 7) is 0.570. The summed E-state index contributed by atoms with van der Waals surface area (Å²) in [7, 11) is 0. The van der Waals surface area contributed by atoms with Gasteiger partial charge in [-0.05, 0) is 37.8 Å². The summed E-state index contributed by atoms with van der Waals surface area (Å²) >= 11 is 5.97. The number of carbonyl (C=O) groups is 3. The second-order valence-electron chi connectivity index (χ2n) is 6.53. The van der Waals surface area contributed by atoms with Crippen LogP contribution in [0.3, 0.4) is 0 Å². The maximum atomic E-state index is 12.4. The molecule has 2 N–H and O–H groups in total. The van der Waals surface area contributed by atoms with Gasteiger partial charge in [0, 0.05) is 13.1 Å². The Morgan fingerprint density at radius 2 is 1.84 bits per heavy atom. The SMILES string of the molecule is O=C1C[C@H](C(=O)NCCNC(=O)c2ccccc2Cl)C2(CCCC2)O1. The van der Waals surface area contributed by atoms with Gasteiger partial charge in [0.05, 0.1) is 22.9 Å². The maximum Gasteiger partial charge on any atom is 0.307 e. The number of esters is 1. The first kappa shape index (κ1) is 17.7. The van der Waals surface area contributed by atoms with Crippen molar-refractivity contribution in [2.45, 2.75) is 37.7 Å². The molecule has 1 saturated heterocycles. The van der Waals surface area contributed by atoms with Crippen LogP contribution < -0.4 is 10.6 Å². The lowest BCUT2D eigenvalue weighted by molar-refractivity contribution is -0.149. The third-order valence-electron chi connectivity index (χ3n) is 4.92. The molecule has 1 aliphatic carbocycles. The fourth-order valence-corrected chi connectivity index (χ4v) is 3.89. The van der Waals surface area contributed by atoms with Gasteiger partial charge in [-0.15, -0.1) is 0 Å². The number of rotatable bonds is 5. The largest absolute Gasteiger partial charge is 0.458 e. The monoisotopic (exact) mass is 364 g/mol. The van der Waals surface area contributed by atoms with Crippen molar-refractivity contribution in [3.05, 3.63) is 34.9 Å². The van der Waals surface area contributed by atoms with Crippen molar-refractivity contribution in [3.63, 3.8) is 0 Å². The van der Waals surface area contributed by atoms with Crippen LogP contribution in [0.4, 0.5) is 0 Å². The highest BCUT2D eigenvalue weighted by molar-refractivity contribution is 6.33. The number of amides is 2. The van der Waals surface area contributed by atoms with Crippen LogP contribution in [0.2, 0.25) is 5.02 Å². The molecule has 2 amide bonds. The number of nitrogens with one attached hydrogen (secondary N) is 2. The zero-order chi connectivity index (χ0) is 17.9. The van der Waals surface area contributed by atoms with Gasteiger partial charge in [-0.3, -0.25) is 14.4 Å². The number of hydrogen-bond donors (Lipinski definition) is 2. The minimum Gasteiger partial charge on any atom is -0.458 e. The zero-order valence-electron chi connectivity index (χ0n) is 13.8. The molecular weight excluding hydrogens is 344 g/mol. The predicted octanol–water partition coefficient (Wildman–Crippen LogP) is 2.06. The topological polar surface area (TPSA) is 84.5 Å². The summed E-state index contributed by atoms with van der Waals surface area (Å²) < 4.78 is 5.47. The Balaban J connectivity index is 1.47. The highest BCUT2D eigenvalue weighted by atomic mass is 35.5. The summed E-state index contributed by atoms with van der Waals surface area (Å²) in [5.74, 6) is -1.19. The molecule has 1 spiro atoms. The van der Waals surface area contributed by atoms with E-state index in [1.165, 1.54) is 0 Å². The molecule has 25 heavy (non-hydrogen) atoms. The van der Waals surface area contributed by atoms with Gasteiger partial charge in [-0.2, -0.15) is 0 Å². The standard InChI is InChI=1S/C18H21ClN2O4/c19-14-6-2-1-5-12(14)16(23)20-9-10-21-17(24)13-11-15(22)25-18(13)7-3-4-8-18/h1-2,5-6,13H,3-4,7-11H2,(H,20,23)(H,21,24)/t13-/m1/s1. The van der Waals surface area contributed by atoms with Gasteiger partial charge < -0.3 is 15.4 Å². The zero-order valence-corrected chi connectivity index (χ0v) is 14.6. The third kappa shape index (κ3) is 3.79. The van der Waals surface area contributed by atoms with E-state index in [2.05, 4.69) is 10.6 Å². The fraction of sp³-hybridized carbons (Fsp3) is 0.500. The van der Waals surface area contributed by atoms with Crippen molar-refractivity contribution in [2.75, 3.05) is 13.1 Å². The number of hydrogen-bond acceptors (Lipinski definition) is 4. The molecule has 6 nitrogen and oxygen atoms in total. The van der Waals surface area contributed by atoms with Crippen LogP contribution in [0, 0.1) is 5.92 Å². The molecule has 1 saturated carbocycles. The highest BCUT2D eigenvalue weighted by Gasteiger charge is 2.53. The van der Waals surface area contributed by atoms with E-state index in [0.717, 1.165) is 25.7 Å². The van der Waals surface area contributed by atoms with Crippen molar-refractivity contribution in [3.8, 4) is 0 Å². The number of benzene rings is 1. The average molecular weight is 365 g/mol. The fourth-order valence-electron chi connectivity index (χ4n) is 3.67. The van der Waals surface area contributed by atoms with Crippen molar-refractivity contribution >= 4 is 29.4 Å². The Bertz CT molecular complexity index is 685. The van der Waals surface area contributed by atoms with Gasteiger partial charge in [-0.25, -0.2) is 0 Å². The van der Waals surface area contributed by atoms with E-state index >= 15 is 0 Å². The van der Waals surface area contributed by atoms with Crippen LogP contribution in [0.1, 0.15) is 42.5 Å². The Hall–Kier alpha value is -2.08. The molecule has 134 valence electrons. The summed E-state index contributed by atoms with van der Waals surface area (Å²) in [5, 5.41) is 5.90. The average Bonchev–Trinajstić information content (AvgIpc) is 3.18. The lowest BCUT2D eigenvalue weighted by Crippen LogP contribution is -2.44. The molecule has 1 aromatic rings. The molecule has 0 unspecified atom stereocenters. The van der Waals surface area contributed by atoms with Crippen molar-refractivity contribution in [2.24, 2.45) is 5.92 Å². The van der Waals surface area contributed by atoms with E-state index in [9.17, 15) is 14.4 Å². The van der Waals surface area contributed by atoms with Gasteiger partial charge in [0.1, 0.15) is 5.60 Å². The normalized spacial score (nSPS) is 21.2. The lowest BCUT2D eigenvalue weighted by atomic mass is 9.85. The molecule has 0 radical (unpaired) electrons. The van der Waals surface area contributed by atoms with Crippen LogP contribution in [-0.4, -0.2) is 36.5 Å². The first-order valence-electron chi connectivity index (χ1n) is 8.54. The molecule has 0 aromatic heterocycles. The Labute approximate surface area is 151 Å². The van der Waals surface area contributed by atoms with E-state index in [4.69, 9.17) is 16.3 Å². The molecule has 2 fully saturated rings. The van der Waals surface area contributed by atoms with Crippen LogP contribution in [0.25, 0.3) is 0 Å². The third-order valence-corrected chi connectivity index (χ3v) is 5.25. The number of halogens is 1. The van der Waals surface area contributed by atoms with Gasteiger partial charge >= 0.3 is 5.97 Å². The highest BCUT2D eigenvalue weighted by Crippen LogP contribution is 2.45. The molecule has 1 atom stereocenters. The van der Waals surface area contributed by atoms with Crippen LogP contribution in [-0.2, 0) is 14.3 Å². The minimum absolute atomic E-state index is 0.137. The first-order valence-corrected chi connectivity index (χ1v) is 8.92. The van der Waals surface area contributed by atoms with Crippen LogP contribution >= 0.6 is 11.6 Å². The van der Waals surface area contributed by atoms with E-state index < -0.39 is 11.5 Å². The Morgan fingerprint density at radius 3 is 2.56 bits per heavy atom. The quantitative estimate of drug-likeness (QED) is 0.618. The van der Waals surface area contributed by atoms with Crippen molar-refractivity contribution < 1.29 is 19.1 Å². The summed E-state index contributed by atoms with van der Waals surface area (Å²) in [4.78, 5) is 36.1. The number of carbonyl (C=O) groups excluding carboxylic acids is 3. The predicted molar refractivity (Wildman–Crippen MR) is 92.2 cm³/mol. The molecule has 1 aromatic carbocycles. The molecule has 1 heterocycles. The maximum absolute atomic E-state index is 12.4. The Kier molecular flexibility index (Phi) is 5.27. The molecule has 1 aliphatic heterocycles. The molecular formula is C18H21ClN2O4. The lowest BCUT2D eigenvalue weighted by Gasteiger charge is -2.27. The van der Waals surface area contributed by atoms with Gasteiger partial charge in [-0.1, -0.05) is 23.7 Å². The van der Waals surface area contributed by atoms with Gasteiger partial charge in [0.25, 0.3) is 5.91 Å². The Morgan fingerprint density at radius 1 is 1.16 bits per heavy atom. The van der Waals surface area contributed by atoms with Gasteiger partial charge in [0.15, 0.2) is 0 Å². The second-order valence-corrected chi connectivity index (χ2v) is 6.94. The summed E-state index contributed by atoms with van der Waals surface area (Å²) in [6, 6.07) is 6.78. The molecule has 3 rings (SSSR count). The minimum atomic E-state index is -0.609. The smallest absolute Gasteiger partial charge is 0.307 e. The van der Waals surface area contributed by atoms with Crippen molar-refractivity contribution in [1.29, 1.82) is 0 Å². The van der Waals surface area contributed by atoms with Crippen LogP contribution in [0.15, 0.2) is 24.3 Å². The molecule has 2 aliphatic rings. The first-order chi connectivity index (χ1) is 12.0. The van der Waals surface area contributed by atoms with E-state index in [0.29, 0.717) is 10.6 Å². The molecule has 7 heteroatoms. The summed E-state index contributed by atoms with van der Waals surface area (Å²) in [6.07, 6.45) is 3.59. The van der Waals surface area contributed by atoms with Crippen LogP contribution in [0.5, 0.6) is 0 Å². The number of ether oxygens (including phenoxy) is 1. The summed E-state index contributed by atoms with van der Waals surface area (Å²) in [5.41, 5.74) is -0.211. The second kappa shape index (κ2) is 7.44. The van der Waals surface area contributed by atoms with Gasteiger partial charge in [0.2, 0.25) is 5.91 Å². The molecule has 0 bridgehead atoms. The van der Waals surface area contributed by atoms with E-state index in [1.54, 1.807) is 24.3 Å².